The van der Waals surface area contributed by atoms with Crippen LogP contribution in [0.15, 0.2) is 6.07 Å². The standard InChI is InChI=1S/C17H23N5O/c1-9-6-10(2)22-17(18-9)20-15(21-22)16(23)19-11(3)14-8-12-4-5-13(14)7-12/h6,11-14H,4-5,7-8H2,1-3H3,(H,19,23)/t11-,12+,13+,14-/m1/s1. The summed E-state index contributed by atoms with van der Waals surface area (Å²) in [7, 11) is 0. The van der Waals surface area contributed by atoms with Crippen molar-refractivity contribution in [1.82, 2.24) is 24.9 Å². The lowest BCUT2D eigenvalue weighted by Gasteiger charge is -2.28. The number of amides is 1. The zero-order valence-corrected chi connectivity index (χ0v) is 13.9. The van der Waals surface area contributed by atoms with Crippen molar-refractivity contribution >= 4 is 11.7 Å². The number of hydrogen-bond acceptors (Lipinski definition) is 4. The summed E-state index contributed by atoms with van der Waals surface area (Å²) in [6.45, 7) is 5.97. The number of carbonyl (C=O) groups is 1. The highest BCUT2D eigenvalue weighted by molar-refractivity contribution is 5.91. The maximum atomic E-state index is 12.5. The van der Waals surface area contributed by atoms with Crippen molar-refractivity contribution < 1.29 is 4.79 Å². The van der Waals surface area contributed by atoms with Crippen LogP contribution in [0.2, 0.25) is 0 Å². The van der Waals surface area contributed by atoms with E-state index in [1.807, 2.05) is 19.9 Å². The average molecular weight is 313 g/mol. The number of aryl methyl sites for hydroxylation is 2. The molecule has 122 valence electrons. The largest absolute Gasteiger partial charge is 0.347 e. The molecule has 23 heavy (non-hydrogen) atoms. The molecule has 2 aliphatic carbocycles. The van der Waals surface area contributed by atoms with E-state index in [0.29, 0.717) is 11.7 Å². The fourth-order valence-electron chi connectivity index (χ4n) is 4.55. The van der Waals surface area contributed by atoms with Gasteiger partial charge < -0.3 is 5.32 Å². The van der Waals surface area contributed by atoms with Crippen LogP contribution in [-0.2, 0) is 0 Å². The van der Waals surface area contributed by atoms with Gasteiger partial charge in [-0.2, -0.15) is 4.98 Å². The Balaban J connectivity index is 1.51. The second-order valence-electron chi connectivity index (χ2n) is 7.29. The van der Waals surface area contributed by atoms with Crippen LogP contribution in [0.3, 0.4) is 0 Å². The third-order valence-electron chi connectivity index (χ3n) is 5.62. The van der Waals surface area contributed by atoms with E-state index in [4.69, 9.17) is 0 Å². The van der Waals surface area contributed by atoms with E-state index < -0.39 is 0 Å². The maximum Gasteiger partial charge on any atom is 0.291 e. The monoisotopic (exact) mass is 313 g/mol. The molecule has 2 bridgehead atoms. The number of rotatable bonds is 3. The van der Waals surface area contributed by atoms with Crippen LogP contribution in [0.1, 0.15) is 54.6 Å². The fraction of sp³-hybridized carbons (Fsp3) is 0.647. The minimum atomic E-state index is -0.192. The zero-order valence-electron chi connectivity index (χ0n) is 13.9. The first kappa shape index (κ1) is 14.6. The molecule has 0 aromatic carbocycles. The highest BCUT2D eigenvalue weighted by Gasteiger charge is 2.42. The first-order valence-electron chi connectivity index (χ1n) is 8.53. The van der Waals surface area contributed by atoms with Gasteiger partial charge in [0.15, 0.2) is 0 Å². The molecule has 1 amide bonds. The highest BCUT2D eigenvalue weighted by atomic mass is 16.2. The quantitative estimate of drug-likeness (QED) is 0.943. The van der Waals surface area contributed by atoms with Gasteiger partial charge in [0, 0.05) is 17.4 Å². The van der Waals surface area contributed by atoms with Gasteiger partial charge in [-0.05, 0) is 63.9 Å². The second-order valence-corrected chi connectivity index (χ2v) is 7.29. The lowest BCUT2D eigenvalue weighted by molar-refractivity contribution is 0.0905. The minimum absolute atomic E-state index is 0.181. The predicted molar refractivity (Wildman–Crippen MR) is 86.1 cm³/mol. The topological polar surface area (TPSA) is 72.2 Å². The van der Waals surface area contributed by atoms with Crippen LogP contribution in [0.5, 0.6) is 0 Å². The van der Waals surface area contributed by atoms with Gasteiger partial charge >= 0.3 is 0 Å². The molecule has 2 fully saturated rings. The number of nitrogens with zero attached hydrogens (tertiary/aromatic N) is 4. The molecule has 0 aliphatic heterocycles. The Morgan fingerprint density at radius 2 is 2.13 bits per heavy atom. The van der Waals surface area contributed by atoms with Crippen LogP contribution < -0.4 is 5.32 Å². The van der Waals surface area contributed by atoms with Gasteiger partial charge in [-0.25, -0.2) is 9.50 Å². The van der Waals surface area contributed by atoms with E-state index in [1.54, 1.807) is 4.52 Å². The number of fused-ring (bicyclic) bond motifs is 3. The van der Waals surface area contributed by atoms with Crippen molar-refractivity contribution in [1.29, 1.82) is 0 Å². The molecule has 0 saturated heterocycles. The van der Waals surface area contributed by atoms with Crippen LogP contribution in [0, 0.1) is 31.6 Å². The Kier molecular flexibility index (Phi) is 3.36. The van der Waals surface area contributed by atoms with Crippen LogP contribution in [0.4, 0.5) is 0 Å². The number of aromatic nitrogens is 4. The molecule has 0 spiro atoms. The van der Waals surface area contributed by atoms with Gasteiger partial charge in [0.2, 0.25) is 5.82 Å². The first-order chi connectivity index (χ1) is 11.0. The van der Waals surface area contributed by atoms with E-state index in [0.717, 1.165) is 23.2 Å². The molecular formula is C17H23N5O. The molecule has 4 atom stereocenters. The molecule has 2 saturated carbocycles. The summed E-state index contributed by atoms with van der Waals surface area (Å²) in [5, 5.41) is 7.42. The van der Waals surface area contributed by atoms with Crippen molar-refractivity contribution in [3.05, 3.63) is 23.3 Å². The summed E-state index contributed by atoms with van der Waals surface area (Å²) in [5.74, 6) is 2.78. The normalized spacial score (nSPS) is 27.5. The zero-order chi connectivity index (χ0) is 16.1. The molecule has 0 unspecified atom stereocenters. The molecule has 2 aromatic rings. The van der Waals surface area contributed by atoms with Crippen molar-refractivity contribution in [2.24, 2.45) is 17.8 Å². The lowest BCUT2D eigenvalue weighted by atomic mass is 9.84. The molecule has 1 N–H and O–H groups in total. The Labute approximate surface area is 135 Å². The smallest absolute Gasteiger partial charge is 0.291 e. The molecule has 4 rings (SSSR count). The van der Waals surface area contributed by atoms with Crippen LogP contribution >= 0.6 is 0 Å². The molecule has 2 aliphatic rings. The number of carbonyl (C=O) groups excluding carboxylic acids is 1. The molecule has 6 nitrogen and oxygen atoms in total. The fourth-order valence-corrected chi connectivity index (χ4v) is 4.55. The van der Waals surface area contributed by atoms with E-state index in [9.17, 15) is 4.79 Å². The SMILES string of the molecule is Cc1cc(C)n2nc(C(=O)N[C@H](C)[C@H]3C[C@H]4CC[C@H]3C4)nc2n1. The average Bonchev–Trinajstić information content (AvgIpc) is 3.21. The van der Waals surface area contributed by atoms with E-state index >= 15 is 0 Å². The van der Waals surface area contributed by atoms with Crippen molar-refractivity contribution in [3.63, 3.8) is 0 Å². The van der Waals surface area contributed by atoms with Gasteiger partial charge in [0.1, 0.15) is 0 Å². The van der Waals surface area contributed by atoms with Crippen molar-refractivity contribution in [2.45, 2.75) is 52.5 Å². The number of nitrogens with one attached hydrogen (secondary N) is 1. The molecule has 2 aromatic heterocycles. The highest BCUT2D eigenvalue weighted by Crippen LogP contribution is 2.49. The van der Waals surface area contributed by atoms with Gasteiger partial charge in [-0.3, -0.25) is 4.79 Å². The van der Waals surface area contributed by atoms with Crippen molar-refractivity contribution in [2.75, 3.05) is 0 Å². The predicted octanol–water partition coefficient (Wildman–Crippen LogP) is 2.30. The van der Waals surface area contributed by atoms with Gasteiger partial charge in [-0.1, -0.05) is 6.42 Å². The first-order valence-corrected chi connectivity index (χ1v) is 8.53. The van der Waals surface area contributed by atoms with Gasteiger partial charge in [0.05, 0.1) is 0 Å². The third kappa shape index (κ3) is 2.50. The summed E-state index contributed by atoms with van der Waals surface area (Å²) in [5.41, 5.74) is 1.81. The van der Waals surface area contributed by atoms with Gasteiger partial charge in [-0.15, -0.1) is 5.10 Å². The van der Waals surface area contributed by atoms with Crippen molar-refractivity contribution in [3.8, 4) is 0 Å². The Hall–Kier alpha value is -1.98. The van der Waals surface area contributed by atoms with E-state index in [-0.39, 0.29) is 17.8 Å². The Morgan fingerprint density at radius 1 is 1.30 bits per heavy atom. The molecule has 0 radical (unpaired) electrons. The molecular weight excluding hydrogens is 290 g/mol. The summed E-state index contributed by atoms with van der Waals surface area (Å²) >= 11 is 0. The van der Waals surface area contributed by atoms with E-state index in [2.05, 4.69) is 27.3 Å². The minimum Gasteiger partial charge on any atom is -0.347 e. The second kappa shape index (κ2) is 5.28. The Morgan fingerprint density at radius 3 is 2.83 bits per heavy atom. The van der Waals surface area contributed by atoms with Crippen LogP contribution in [-0.4, -0.2) is 31.5 Å². The maximum absolute atomic E-state index is 12.5. The number of hydrogen-bond donors (Lipinski definition) is 1. The van der Waals surface area contributed by atoms with Gasteiger partial charge in [0.25, 0.3) is 11.7 Å². The lowest BCUT2D eigenvalue weighted by Crippen LogP contribution is -2.40. The summed E-state index contributed by atoms with van der Waals surface area (Å²) < 4.78 is 1.63. The summed E-state index contributed by atoms with van der Waals surface area (Å²) in [6.07, 6.45) is 5.30. The molecule has 2 heterocycles. The summed E-state index contributed by atoms with van der Waals surface area (Å²) in [4.78, 5) is 21.1. The van der Waals surface area contributed by atoms with Crippen LogP contribution in [0.25, 0.3) is 5.78 Å². The van der Waals surface area contributed by atoms with E-state index in [1.165, 1.54) is 25.7 Å². The Bertz CT molecular complexity index is 768. The molecule has 6 heteroatoms. The third-order valence-corrected chi connectivity index (χ3v) is 5.62. The summed E-state index contributed by atoms with van der Waals surface area (Å²) in [6, 6.07) is 2.11.